The van der Waals surface area contributed by atoms with Crippen molar-refractivity contribution in [2.24, 2.45) is 5.92 Å². The molecule has 98 valence electrons. The summed E-state index contributed by atoms with van der Waals surface area (Å²) in [5, 5.41) is 16.7. The van der Waals surface area contributed by atoms with Crippen LogP contribution in [0.3, 0.4) is 0 Å². The van der Waals surface area contributed by atoms with Crippen LogP contribution in [0.4, 0.5) is 0 Å². The molecule has 0 aliphatic carbocycles. The maximum absolute atomic E-state index is 8.55. The van der Waals surface area contributed by atoms with Gasteiger partial charge < -0.3 is 10.2 Å². The fourth-order valence-electron chi connectivity index (χ4n) is 0.418. The van der Waals surface area contributed by atoms with Gasteiger partial charge in [-0.2, -0.15) is 0 Å². The van der Waals surface area contributed by atoms with Gasteiger partial charge in [0, 0.05) is 6.61 Å². The first-order valence-electron chi connectivity index (χ1n) is 5.74. The van der Waals surface area contributed by atoms with Crippen LogP contribution in [0.2, 0.25) is 0 Å². The number of aliphatic hydroxyl groups excluding tert-OH is 2. The Balaban J connectivity index is -0.0000000617. The summed E-state index contributed by atoms with van der Waals surface area (Å²) in [6, 6.07) is 0. The van der Waals surface area contributed by atoms with Gasteiger partial charge in [0.1, 0.15) is 0 Å². The van der Waals surface area contributed by atoms with Crippen molar-refractivity contribution in [3.05, 3.63) is 0 Å². The van der Waals surface area contributed by atoms with E-state index < -0.39 is 0 Å². The predicted octanol–water partition coefficient (Wildman–Crippen LogP) is 3.85. The Labute approximate surface area is 97.7 Å². The molecule has 0 saturated carbocycles. The number of hydrogen-bond donors (Lipinski definition) is 2. The molecule has 0 amide bonds. The maximum Gasteiger partial charge on any atom is 0.0512 e. The van der Waals surface area contributed by atoms with Gasteiger partial charge >= 0.3 is 0 Å². The predicted molar refractivity (Wildman–Crippen MR) is 71.2 cm³/mol. The van der Waals surface area contributed by atoms with E-state index in [-0.39, 0.29) is 13.5 Å². The highest BCUT2D eigenvalue weighted by Gasteiger charge is 1.87. The van der Waals surface area contributed by atoms with Gasteiger partial charge in [-0.1, -0.05) is 54.9 Å². The molecule has 2 heteroatoms. The van der Waals surface area contributed by atoms with Gasteiger partial charge in [-0.05, 0) is 19.3 Å². The van der Waals surface area contributed by atoms with E-state index in [0.29, 0.717) is 12.5 Å². The lowest BCUT2D eigenvalue weighted by atomic mass is 10.2. The van der Waals surface area contributed by atoms with Gasteiger partial charge in [0.05, 0.1) is 6.10 Å². The molecule has 2 N–H and O–H groups in total. The second-order valence-corrected chi connectivity index (χ2v) is 3.92. The molecule has 0 aliphatic rings. The van der Waals surface area contributed by atoms with Crippen molar-refractivity contribution in [2.75, 3.05) is 6.61 Å². The summed E-state index contributed by atoms with van der Waals surface area (Å²) >= 11 is 0. The molecular formula is C13H34O2. The second kappa shape index (κ2) is 23.6. The molecule has 0 spiro atoms. The van der Waals surface area contributed by atoms with Crippen LogP contribution in [0, 0.1) is 5.92 Å². The second-order valence-electron chi connectivity index (χ2n) is 3.92. The zero-order valence-corrected chi connectivity index (χ0v) is 10.9. The van der Waals surface area contributed by atoms with Crippen molar-refractivity contribution in [2.45, 2.75) is 74.3 Å². The first-order valence-corrected chi connectivity index (χ1v) is 5.74. The lowest BCUT2D eigenvalue weighted by Crippen LogP contribution is -1.95. The van der Waals surface area contributed by atoms with Gasteiger partial charge in [-0.3, -0.25) is 0 Å². The van der Waals surface area contributed by atoms with Crippen LogP contribution in [0.5, 0.6) is 0 Å². The third-order valence-electron chi connectivity index (χ3n) is 1.07. The monoisotopic (exact) mass is 222 g/mol. The van der Waals surface area contributed by atoms with Gasteiger partial charge in [0.25, 0.3) is 0 Å². The SMILES string of the molecule is C.CC(C)CO.CCC.CCCC(C)O. The Kier molecular flexibility index (Phi) is 38.2. The Hall–Kier alpha value is -0.0800. The molecule has 0 heterocycles. The van der Waals surface area contributed by atoms with E-state index in [4.69, 9.17) is 10.2 Å². The van der Waals surface area contributed by atoms with Crippen molar-refractivity contribution >= 4 is 0 Å². The fraction of sp³-hybridized carbons (Fsp3) is 1.00. The summed E-state index contributed by atoms with van der Waals surface area (Å²) in [5.41, 5.74) is 0. The first-order chi connectivity index (χ1) is 6.45. The molecule has 0 bridgehead atoms. The van der Waals surface area contributed by atoms with Crippen LogP contribution < -0.4 is 0 Å². The Morgan fingerprint density at radius 2 is 1.27 bits per heavy atom. The molecule has 1 unspecified atom stereocenters. The number of aliphatic hydroxyl groups is 2. The Morgan fingerprint density at radius 3 is 1.27 bits per heavy atom. The van der Waals surface area contributed by atoms with E-state index in [1.54, 1.807) is 0 Å². The highest BCUT2D eigenvalue weighted by molar-refractivity contribution is 4.40. The minimum absolute atomic E-state index is 0. The summed E-state index contributed by atoms with van der Waals surface area (Å²) < 4.78 is 0. The number of hydrogen-bond acceptors (Lipinski definition) is 2. The quantitative estimate of drug-likeness (QED) is 0.761. The van der Waals surface area contributed by atoms with Crippen molar-refractivity contribution in [3.8, 4) is 0 Å². The minimum Gasteiger partial charge on any atom is -0.396 e. The van der Waals surface area contributed by atoms with Crippen LogP contribution >= 0.6 is 0 Å². The average molecular weight is 222 g/mol. The topological polar surface area (TPSA) is 40.5 Å². The summed E-state index contributed by atoms with van der Waals surface area (Å²) in [4.78, 5) is 0. The van der Waals surface area contributed by atoms with Crippen molar-refractivity contribution in [1.29, 1.82) is 0 Å². The normalized spacial score (nSPS) is 10.2. The molecule has 0 radical (unpaired) electrons. The van der Waals surface area contributed by atoms with Crippen molar-refractivity contribution in [1.82, 2.24) is 0 Å². The molecule has 0 aliphatic heterocycles. The third kappa shape index (κ3) is 81.7. The molecule has 0 saturated heterocycles. The zero-order valence-electron chi connectivity index (χ0n) is 10.9. The van der Waals surface area contributed by atoms with Crippen LogP contribution in [0.25, 0.3) is 0 Å². The van der Waals surface area contributed by atoms with E-state index in [2.05, 4.69) is 20.8 Å². The van der Waals surface area contributed by atoms with Crippen LogP contribution in [0.15, 0.2) is 0 Å². The lowest BCUT2D eigenvalue weighted by Gasteiger charge is -1.95. The lowest BCUT2D eigenvalue weighted by molar-refractivity contribution is 0.183. The van der Waals surface area contributed by atoms with Crippen molar-refractivity contribution < 1.29 is 10.2 Å². The summed E-state index contributed by atoms with van der Waals surface area (Å²) in [7, 11) is 0. The molecule has 0 aromatic heterocycles. The standard InChI is InChI=1S/C5H12O.C4H10O.C3H8.CH4/c1-3-4-5(2)6;1-4(2)3-5;1-3-2;/h5-6H,3-4H2,1-2H3;4-5H,3H2,1-2H3;3H2,1-2H3;1H4. The smallest absolute Gasteiger partial charge is 0.0512 e. The molecule has 15 heavy (non-hydrogen) atoms. The Bertz CT molecular complexity index is 70.9. The van der Waals surface area contributed by atoms with E-state index in [9.17, 15) is 0 Å². The van der Waals surface area contributed by atoms with E-state index in [0.717, 1.165) is 12.8 Å². The molecular weight excluding hydrogens is 188 g/mol. The highest BCUT2D eigenvalue weighted by atomic mass is 16.3. The van der Waals surface area contributed by atoms with Crippen LogP contribution in [-0.2, 0) is 0 Å². The number of rotatable bonds is 3. The third-order valence-corrected chi connectivity index (χ3v) is 1.07. The molecule has 2 nitrogen and oxygen atoms in total. The largest absolute Gasteiger partial charge is 0.396 e. The summed E-state index contributed by atoms with van der Waals surface area (Å²) in [6.07, 6.45) is 3.16. The zero-order chi connectivity index (χ0) is 12.0. The minimum atomic E-state index is -0.102. The van der Waals surface area contributed by atoms with Gasteiger partial charge in [-0.15, -0.1) is 0 Å². The average Bonchev–Trinajstić information content (AvgIpc) is 2.06. The molecule has 1 atom stereocenters. The first kappa shape index (κ1) is 24.2. The highest BCUT2D eigenvalue weighted by Crippen LogP contribution is 1.91. The van der Waals surface area contributed by atoms with E-state index >= 15 is 0 Å². The fourth-order valence-corrected chi connectivity index (χ4v) is 0.418. The van der Waals surface area contributed by atoms with Crippen LogP contribution in [0.1, 0.15) is 68.2 Å². The summed E-state index contributed by atoms with van der Waals surface area (Å²) in [5.74, 6) is 0.440. The van der Waals surface area contributed by atoms with Gasteiger partial charge in [0.15, 0.2) is 0 Å². The van der Waals surface area contributed by atoms with Gasteiger partial charge in [-0.25, -0.2) is 0 Å². The molecule has 0 rings (SSSR count). The molecule has 0 fully saturated rings. The van der Waals surface area contributed by atoms with Gasteiger partial charge in [0.2, 0.25) is 0 Å². The Morgan fingerprint density at radius 1 is 1.00 bits per heavy atom. The van der Waals surface area contributed by atoms with E-state index in [1.807, 2.05) is 20.8 Å². The molecule has 0 aromatic carbocycles. The summed E-state index contributed by atoms with van der Waals surface area (Å²) in [6.45, 7) is 12.4. The van der Waals surface area contributed by atoms with E-state index in [1.165, 1.54) is 6.42 Å². The van der Waals surface area contributed by atoms with Crippen molar-refractivity contribution in [3.63, 3.8) is 0 Å². The maximum atomic E-state index is 8.55. The van der Waals surface area contributed by atoms with Crippen LogP contribution in [-0.4, -0.2) is 22.9 Å². The molecule has 0 aromatic rings.